The number of nitrogens with two attached hydrogens (primary N) is 1. The predicted molar refractivity (Wildman–Crippen MR) is 88.6 cm³/mol. The number of rotatable bonds is 4. The van der Waals surface area contributed by atoms with E-state index in [2.05, 4.69) is 0 Å². The summed E-state index contributed by atoms with van der Waals surface area (Å²) in [5.74, 6) is -0.306. The smallest absolute Gasteiger partial charge is 0.254 e. The highest BCUT2D eigenvalue weighted by atomic mass is 16.5. The summed E-state index contributed by atoms with van der Waals surface area (Å²) in [6, 6.07) is 7.10. The van der Waals surface area contributed by atoms with Gasteiger partial charge in [-0.1, -0.05) is 6.07 Å². The first kappa shape index (κ1) is 16.8. The van der Waals surface area contributed by atoms with Gasteiger partial charge in [-0.25, -0.2) is 0 Å². The lowest BCUT2D eigenvalue weighted by molar-refractivity contribution is -0.140. The Labute approximate surface area is 141 Å². The van der Waals surface area contributed by atoms with E-state index < -0.39 is 11.5 Å². The summed E-state index contributed by atoms with van der Waals surface area (Å²) in [6.07, 6.45) is 5.53. The summed E-state index contributed by atoms with van der Waals surface area (Å²) in [5, 5.41) is 10.3. The van der Waals surface area contributed by atoms with Crippen molar-refractivity contribution >= 4 is 11.8 Å². The van der Waals surface area contributed by atoms with Crippen LogP contribution in [0.15, 0.2) is 24.3 Å². The average molecular weight is 332 g/mol. The minimum absolute atomic E-state index is 0.0606. The van der Waals surface area contributed by atoms with Gasteiger partial charge in [-0.15, -0.1) is 0 Å². The van der Waals surface area contributed by atoms with Crippen LogP contribution in [0.2, 0.25) is 0 Å². The van der Waals surface area contributed by atoms with E-state index in [4.69, 9.17) is 10.5 Å². The first-order chi connectivity index (χ1) is 11.5. The topological polar surface area (TPSA) is 92.9 Å². The Hall–Kier alpha value is -2.08. The van der Waals surface area contributed by atoms with Crippen LogP contribution in [0.5, 0.6) is 5.75 Å². The summed E-state index contributed by atoms with van der Waals surface area (Å²) in [6.45, 7) is 0.441. The Bertz CT molecular complexity index is 627. The maximum Gasteiger partial charge on any atom is 0.254 e. The van der Waals surface area contributed by atoms with Crippen molar-refractivity contribution in [3.63, 3.8) is 0 Å². The molecule has 1 aliphatic heterocycles. The van der Waals surface area contributed by atoms with Gasteiger partial charge < -0.3 is 20.5 Å². The monoisotopic (exact) mass is 332 g/mol. The lowest BCUT2D eigenvalue weighted by atomic mass is 9.92. The maximum atomic E-state index is 12.7. The van der Waals surface area contributed by atoms with Gasteiger partial charge in [0.05, 0.1) is 12.6 Å². The Kier molecular flexibility index (Phi) is 4.76. The van der Waals surface area contributed by atoms with Gasteiger partial charge in [0.15, 0.2) is 5.60 Å². The molecule has 0 bridgehead atoms. The molecule has 3 N–H and O–H groups in total. The molecule has 2 aliphatic rings. The molecule has 2 amide bonds. The van der Waals surface area contributed by atoms with Crippen molar-refractivity contribution in [2.24, 2.45) is 5.73 Å². The zero-order chi connectivity index (χ0) is 17.2. The van der Waals surface area contributed by atoms with E-state index in [9.17, 15) is 14.7 Å². The Morgan fingerprint density at radius 1 is 1.25 bits per heavy atom. The third-order valence-electron chi connectivity index (χ3n) is 4.90. The van der Waals surface area contributed by atoms with E-state index in [1.807, 2.05) is 6.07 Å². The molecule has 0 spiro atoms. The van der Waals surface area contributed by atoms with Gasteiger partial charge in [0.2, 0.25) is 0 Å². The maximum absolute atomic E-state index is 12.7. The normalized spacial score (nSPS) is 24.8. The van der Waals surface area contributed by atoms with Crippen LogP contribution >= 0.6 is 0 Å². The van der Waals surface area contributed by atoms with Crippen LogP contribution in [0.3, 0.4) is 0 Å². The Balaban J connectivity index is 1.71. The second-order valence-electron chi connectivity index (χ2n) is 6.78. The molecule has 1 heterocycles. The predicted octanol–water partition coefficient (Wildman–Crippen LogP) is 1.46. The molecule has 1 saturated carbocycles. The quantitative estimate of drug-likeness (QED) is 0.873. The van der Waals surface area contributed by atoms with E-state index in [0.717, 1.165) is 12.8 Å². The number of benzene rings is 1. The first-order valence-electron chi connectivity index (χ1n) is 8.56. The molecule has 1 aromatic rings. The van der Waals surface area contributed by atoms with Gasteiger partial charge in [0.25, 0.3) is 11.8 Å². The van der Waals surface area contributed by atoms with Crippen molar-refractivity contribution in [3.8, 4) is 5.75 Å². The number of primary amides is 1. The van der Waals surface area contributed by atoms with Crippen LogP contribution in [0.4, 0.5) is 0 Å². The van der Waals surface area contributed by atoms with Crippen LogP contribution in [-0.4, -0.2) is 46.6 Å². The number of ether oxygens (including phenoxy) is 1. The number of amides is 2. The molecule has 1 aromatic carbocycles. The van der Waals surface area contributed by atoms with Crippen molar-refractivity contribution in [1.82, 2.24) is 4.90 Å². The summed E-state index contributed by atoms with van der Waals surface area (Å²) in [5.41, 5.74) is 4.14. The van der Waals surface area contributed by atoms with Crippen LogP contribution < -0.4 is 10.5 Å². The first-order valence-corrected chi connectivity index (χ1v) is 8.56. The highest BCUT2D eigenvalue weighted by molar-refractivity contribution is 5.95. The summed E-state index contributed by atoms with van der Waals surface area (Å²) >= 11 is 0. The molecule has 0 aromatic heterocycles. The largest absolute Gasteiger partial charge is 0.490 e. The molecule has 2 fully saturated rings. The van der Waals surface area contributed by atoms with E-state index in [-0.39, 0.29) is 25.0 Å². The molecular formula is C18H24N2O4. The molecule has 3 rings (SSSR count). The number of hydrogen-bond donors (Lipinski definition) is 2. The minimum Gasteiger partial charge on any atom is -0.490 e. The van der Waals surface area contributed by atoms with E-state index in [0.29, 0.717) is 24.3 Å². The van der Waals surface area contributed by atoms with Crippen LogP contribution in [0.1, 0.15) is 48.9 Å². The third kappa shape index (κ3) is 3.53. The lowest BCUT2D eigenvalue weighted by Crippen LogP contribution is -2.57. The number of aliphatic hydroxyl groups is 1. The van der Waals surface area contributed by atoms with Gasteiger partial charge in [0, 0.05) is 12.1 Å². The van der Waals surface area contributed by atoms with Gasteiger partial charge in [-0.05, 0) is 56.7 Å². The van der Waals surface area contributed by atoms with E-state index in [1.54, 1.807) is 18.2 Å². The van der Waals surface area contributed by atoms with E-state index >= 15 is 0 Å². The highest BCUT2D eigenvalue weighted by Crippen LogP contribution is 2.26. The summed E-state index contributed by atoms with van der Waals surface area (Å²) < 4.78 is 5.94. The fourth-order valence-corrected chi connectivity index (χ4v) is 3.49. The number of piperidine rings is 1. The molecule has 1 saturated heterocycles. The fraction of sp³-hybridized carbons (Fsp3) is 0.556. The molecule has 1 unspecified atom stereocenters. The Morgan fingerprint density at radius 2 is 2.00 bits per heavy atom. The molecule has 6 heteroatoms. The SMILES string of the molecule is NC(=O)C1(O)CCCN(C(=O)c2cccc(OC3CCCC3)c2)C1. The second-order valence-corrected chi connectivity index (χ2v) is 6.78. The molecule has 1 aliphatic carbocycles. The zero-order valence-electron chi connectivity index (χ0n) is 13.7. The van der Waals surface area contributed by atoms with Gasteiger partial charge in [0.1, 0.15) is 5.75 Å². The zero-order valence-corrected chi connectivity index (χ0v) is 13.7. The number of β-amino-alcohol motifs (C(OH)–C–C–N with tert-alkyl or cyclic N) is 1. The van der Waals surface area contributed by atoms with Crippen molar-refractivity contribution in [2.75, 3.05) is 13.1 Å². The van der Waals surface area contributed by atoms with E-state index in [1.165, 1.54) is 17.7 Å². The van der Waals surface area contributed by atoms with Crippen molar-refractivity contribution in [1.29, 1.82) is 0 Å². The molecule has 1 atom stereocenters. The molecule has 6 nitrogen and oxygen atoms in total. The number of hydrogen-bond acceptors (Lipinski definition) is 4. The number of carbonyl (C=O) groups excluding carboxylic acids is 2. The van der Waals surface area contributed by atoms with Crippen LogP contribution in [0, 0.1) is 0 Å². The molecule has 0 radical (unpaired) electrons. The van der Waals surface area contributed by atoms with Crippen LogP contribution in [0.25, 0.3) is 0 Å². The highest BCUT2D eigenvalue weighted by Gasteiger charge is 2.40. The fourth-order valence-electron chi connectivity index (χ4n) is 3.49. The number of nitrogens with zero attached hydrogens (tertiary/aromatic N) is 1. The van der Waals surface area contributed by atoms with Crippen molar-refractivity contribution < 1.29 is 19.4 Å². The van der Waals surface area contributed by atoms with Gasteiger partial charge in [-0.3, -0.25) is 9.59 Å². The second kappa shape index (κ2) is 6.81. The van der Waals surface area contributed by atoms with Gasteiger partial charge in [-0.2, -0.15) is 0 Å². The molecular weight excluding hydrogens is 308 g/mol. The average Bonchev–Trinajstić information content (AvgIpc) is 3.07. The number of likely N-dealkylation sites (tertiary alicyclic amines) is 1. The third-order valence-corrected chi connectivity index (χ3v) is 4.90. The van der Waals surface area contributed by atoms with Crippen LogP contribution in [-0.2, 0) is 4.79 Å². The van der Waals surface area contributed by atoms with Crippen molar-refractivity contribution in [3.05, 3.63) is 29.8 Å². The number of carbonyl (C=O) groups is 2. The minimum atomic E-state index is -1.63. The summed E-state index contributed by atoms with van der Waals surface area (Å²) in [4.78, 5) is 25.6. The van der Waals surface area contributed by atoms with Crippen molar-refractivity contribution in [2.45, 2.75) is 50.2 Å². The molecule has 130 valence electrons. The lowest BCUT2D eigenvalue weighted by Gasteiger charge is -2.37. The Morgan fingerprint density at radius 3 is 2.71 bits per heavy atom. The molecule has 24 heavy (non-hydrogen) atoms. The van der Waals surface area contributed by atoms with Gasteiger partial charge >= 0.3 is 0 Å². The summed E-state index contributed by atoms with van der Waals surface area (Å²) in [7, 11) is 0. The standard InChI is InChI=1S/C18H24N2O4/c19-17(22)18(23)9-4-10-20(12-18)16(21)13-5-3-8-15(11-13)24-14-6-1-2-7-14/h3,5,8,11,14,23H,1-2,4,6-7,9-10,12H2,(H2,19,22).